The number of hydrogen-bond donors (Lipinski definition) is 0. The van der Waals surface area contributed by atoms with E-state index >= 15 is 0 Å². The zero-order chi connectivity index (χ0) is 20.3. The average Bonchev–Trinajstić information content (AvgIpc) is 2.74. The van der Waals surface area contributed by atoms with Crippen LogP contribution in [0.5, 0.6) is 11.5 Å². The van der Waals surface area contributed by atoms with E-state index in [1.165, 1.54) is 10.0 Å². The largest absolute Gasteiger partial charge is 0.497 e. The lowest BCUT2D eigenvalue weighted by molar-refractivity contribution is -0.0000896. The number of hydrogen-bond acceptors (Lipinski definition) is 4. The molecule has 0 radical (unpaired) electrons. The van der Waals surface area contributed by atoms with Crippen molar-refractivity contribution in [3.05, 3.63) is 70.8 Å². The van der Waals surface area contributed by atoms with Crippen molar-refractivity contribution >= 4 is 11.8 Å². The fraction of sp³-hybridized carbons (Fsp3) is 0.273. The van der Waals surface area contributed by atoms with Gasteiger partial charge in [0.25, 0.3) is 11.8 Å². The number of methoxy groups -OCH3 is 2. The molecule has 0 spiro atoms. The summed E-state index contributed by atoms with van der Waals surface area (Å²) in [6.45, 7) is 4.68. The van der Waals surface area contributed by atoms with Crippen molar-refractivity contribution in [1.82, 2.24) is 10.0 Å². The van der Waals surface area contributed by atoms with Crippen molar-refractivity contribution in [3.63, 3.8) is 0 Å². The number of ether oxygens (including phenoxy) is 2. The summed E-state index contributed by atoms with van der Waals surface area (Å²) in [7, 11) is 3.11. The Morgan fingerprint density at radius 2 is 1.14 bits per heavy atom. The van der Waals surface area contributed by atoms with Crippen molar-refractivity contribution < 1.29 is 19.1 Å². The van der Waals surface area contributed by atoms with Crippen LogP contribution in [0, 0.1) is 0 Å². The first-order valence-electron chi connectivity index (χ1n) is 9.01. The third-order valence-electron chi connectivity index (χ3n) is 4.90. The molecule has 2 aromatic carbocycles. The van der Waals surface area contributed by atoms with Gasteiger partial charge in [0.15, 0.2) is 0 Å². The first-order chi connectivity index (χ1) is 13.4. The summed E-state index contributed by atoms with van der Waals surface area (Å²) in [6, 6.07) is 13.9. The van der Waals surface area contributed by atoms with Crippen molar-refractivity contribution in [2.24, 2.45) is 0 Å². The van der Waals surface area contributed by atoms with Crippen LogP contribution in [0.4, 0.5) is 0 Å². The fourth-order valence-electron chi connectivity index (χ4n) is 3.06. The maximum Gasteiger partial charge on any atom is 0.272 e. The normalized spacial score (nSPS) is 14.1. The zero-order valence-corrected chi connectivity index (χ0v) is 16.6. The Labute approximate surface area is 164 Å². The third-order valence-corrected chi connectivity index (χ3v) is 4.90. The lowest BCUT2D eigenvalue weighted by Gasteiger charge is -2.39. The molecule has 2 amide bonds. The molecule has 0 bridgehead atoms. The summed E-state index contributed by atoms with van der Waals surface area (Å²) in [5.74, 6) is 0.693. The molecule has 0 aliphatic carbocycles. The second-order valence-corrected chi connectivity index (χ2v) is 6.75. The Morgan fingerprint density at radius 1 is 0.750 bits per heavy atom. The molecule has 2 aromatic rings. The van der Waals surface area contributed by atoms with Gasteiger partial charge in [0, 0.05) is 11.1 Å². The number of nitrogens with zero attached hydrogens (tertiary/aromatic N) is 2. The van der Waals surface area contributed by atoms with Crippen molar-refractivity contribution in [2.75, 3.05) is 27.3 Å². The molecule has 6 nitrogen and oxygen atoms in total. The monoisotopic (exact) mass is 380 g/mol. The molecule has 146 valence electrons. The number of hydrazine groups is 1. The van der Waals surface area contributed by atoms with E-state index < -0.39 is 0 Å². The van der Waals surface area contributed by atoms with E-state index in [1.54, 1.807) is 62.8 Å². The highest BCUT2D eigenvalue weighted by Gasteiger charge is 2.32. The molecule has 0 saturated carbocycles. The highest BCUT2D eigenvalue weighted by Crippen LogP contribution is 2.24. The van der Waals surface area contributed by atoms with E-state index in [4.69, 9.17) is 9.47 Å². The van der Waals surface area contributed by atoms with E-state index in [0.29, 0.717) is 35.7 Å². The van der Waals surface area contributed by atoms with Gasteiger partial charge >= 0.3 is 0 Å². The lowest BCUT2D eigenvalue weighted by Crippen LogP contribution is -2.53. The first kappa shape index (κ1) is 19.5. The topological polar surface area (TPSA) is 59.1 Å². The zero-order valence-electron chi connectivity index (χ0n) is 16.6. The molecule has 0 N–H and O–H groups in total. The number of amides is 2. The van der Waals surface area contributed by atoms with Crippen LogP contribution in [-0.4, -0.2) is 49.1 Å². The van der Waals surface area contributed by atoms with Gasteiger partial charge in [-0.05, 0) is 50.2 Å². The SMILES string of the molecule is COc1cccc(C(=O)N2CC(C)=C(C)CN2C(=O)c2cccc(OC)c2)c1. The first-order valence-corrected chi connectivity index (χ1v) is 9.01. The van der Waals surface area contributed by atoms with Crippen LogP contribution in [0.25, 0.3) is 0 Å². The minimum atomic E-state index is -0.248. The van der Waals surface area contributed by atoms with Crippen molar-refractivity contribution in [3.8, 4) is 11.5 Å². The van der Waals surface area contributed by atoms with Gasteiger partial charge in [0.05, 0.1) is 27.3 Å². The Bertz CT molecular complexity index is 860. The van der Waals surface area contributed by atoms with E-state index in [9.17, 15) is 9.59 Å². The summed E-state index contributed by atoms with van der Waals surface area (Å²) in [6.07, 6.45) is 0. The smallest absolute Gasteiger partial charge is 0.272 e. The number of benzene rings is 2. The van der Waals surface area contributed by atoms with E-state index in [2.05, 4.69) is 0 Å². The Hall–Kier alpha value is -3.28. The molecule has 0 saturated heterocycles. The van der Waals surface area contributed by atoms with Gasteiger partial charge in [-0.3, -0.25) is 9.59 Å². The van der Waals surface area contributed by atoms with Crippen LogP contribution in [0.3, 0.4) is 0 Å². The molecule has 28 heavy (non-hydrogen) atoms. The van der Waals surface area contributed by atoms with E-state index in [0.717, 1.165) is 11.1 Å². The van der Waals surface area contributed by atoms with Crippen molar-refractivity contribution in [1.29, 1.82) is 0 Å². The average molecular weight is 380 g/mol. The number of carbonyl (C=O) groups is 2. The maximum absolute atomic E-state index is 13.2. The van der Waals surface area contributed by atoms with Gasteiger partial charge in [-0.25, -0.2) is 10.0 Å². The van der Waals surface area contributed by atoms with Crippen LogP contribution < -0.4 is 9.47 Å². The summed E-state index contributed by atoms with van der Waals surface area (Å²) in [5.41, 5.74) is 3.09. The van der Waals surface area contributed by atoms with Crippen LogP contribution in [-0.2, 0) is 0 Å². The van der Waals surface area contributed by atoms with Crippen molar-refractivity contribution in [2.45, 2.75) is 13.8 Å². The Balaban J connectivity index is 1.96. The quantitative estimate of drug-likeness (QED) is 0.761. The molecule has 1 heterocycles. The minimum Gasteiger partial charge on any atom is -0.497 e. The fourth-order valence-corrected chi connectivity index (χ4v) is 3.06. The van der Waals surface area contributed by atoms with E-state index in [1.807, 2.05) is 13.8 Å². The molecular weight excluding hydrogens is 356 g/mol. The van der Waals surface area contributed by atoms with Crippen LogP contribution in [0.15, 0.2) is 59.7 Å². The van der Waals surface area contributed by atoms with Crippen LogP contribution >= 0.6 is 0 Å². The highest BCUT2D eigenvalue weighted by atomic mass is 16.5. The van der Waals surface area contributed by atoms with Gasteiger partial charge in [0.1, 0.15) is 11.5 Å². The summed E-state index contributed by atoms with van der Waals surface area (Å²) >= 11 is 0. The lowest BCUT2D eigenvalue weighted by atomic mass is 10.1. The summed E-state index contributed by atoms with van der Waals surface area (Å²) in [5, 5.41) is 3.00. The van der Waals surface area contributed by atoms with Gasteiger partial charge in [-0.15, -0.1) is 0 Å². The molecule has 0 atom stereocenters. The van der Waals surface area contributed by atoms with Crippen LogP contribution in [0.1, 0.15) is 34.6 Å². The Kier molecular flexibility index (Phi) is 5.68. The standard InChI is InChI=1S/C22H24N2O4/c1-15-13-23(21(25)17-7-5-9-19(11-17)27-3)24(14-16(15)2)22(26)18-8-6-10-20(12-18)28-4/h5-12H,13-14H2,1-4H3. The van der Waals surface area contributed by atoms with Gasteiger partial charge < -0.3 is 9.47 Å². The van der Waals surface area contributed by atoms with Gasteiger partial charge in [0.2, 0.25) is 0 Å². The van der Waals surface area contributed by atoms with Crippen LogP contribution in [0.2, 0.25) is 0 Å². The molecule has 1 aliphatic rings. The molecule has 1 aliphatic heterocycles. The molecule has 0 fully saturated rings. The second kappa shape index (κ2) is 8.17. The Morgan fingerprint density at radius 3 is 1.50 bits per heavy atom. The molecule has 0 aromatic heterocycles. The molecule has 3 rings (SSSR count). The summed E-state index contributed by atoms with van der Waals surface area (Å²) in [4.78, 5) is 26.4. The molecule has 0 unspecified atom stereocenters. The molecular formula is C22H24N2O4. The number of rotatable bonds is 4. The highest BCUT2D eigenvalue weighted by molar-refractivity contribution is 6.00. The van der Waals surface area contributed by atoms with Gasteiger partial charge in [-0.2, -0.15) is 0 Å². The third kappa shape index (κ3) is 3.86. The molecule has 6 heteroatoms. The predicted molar refractivity (Wildman–Crippen MR) is 106 cm³/mol. The predicted octanol–water partition coefficient (Wildman–Crippen LogP) is 3.55. The maximum atomic E-state index is 13.2. The minimum absolute atomic E-state index is 0.248. The number of carbonyl (C=O) groups excluding carboxylic acids is 2. The second-order valence-electron chi connectivity index (χ2n) is 6.75. The van der Waals surface area contributed by atoms with Gasteiger partial charge in [-0.1, -0.05) is 23.3 Å². The summed E-state index contributed by atoms with van der Waals surface area (Å²) < 4.78 is 10.5. The van der Waals surface area contributed by atoms with E-state index in [-0.39, 0.29) is 11.8 Å².